The molecule has 0 aromatic heterocycles. The van der Waals surface area contributed by atoms with Gasteiger partial charge in [-0.15, -0.1) is 0 Å². The number of allylic oxidation sites excluding steroid dienone is 1. The van der Waals surface area contributed by atoms with E-state index in [1.165, 1.54) is 6.92 Å². The molecule has 0 unspecified atom stereocenters. The van der Waals surface area contributed by atoms with Crippen LogP contribution in [0.25, 0.3) is 0 Å². The number of ether oxygens (including phenoxy) is 2. The molecule has 1 aromatic rings. The Bertz CT molecular complexity index is 868. The van der Waals surface area contributed by atoms with Crippen molar-refractivity contribution in [3.05, 3.63) is 52.6 Å². The summed E-state index contributed by atoms with van der Waals surface area (Å²) in [6.45, 7) is 4.69. The van der Waals surface area contributed by atoms with Crippen molar-refractivity contribution in [3.8, 4) is 5.75 Å². The normalized spacial score (nSPS) is 21.8. The summed E-state index contributed by atoms with van der Waals surface area (Å²) in [5, 5.41) is 2.66. The van der Waals surface area contributed by atoms with Crippen LogP contribution in [-0.2, 0) is 24.5 Å². The van der Waals surface area contributed by atoms with Crippen molar-refractivity contribution in [2.45, 2.75) is 26.2 Å². The van der Waals surface area contributed by atoms with Crippen LogP contribution in [0.2, 0.25) is 0 Å². The van der Waals surface area contributed by atoms with Crippen LogP contribution in [0.15, 0.2) is 47.0 Å². The molecule has 3 rings (SSSR count). The summed E-state index contributed by atoms with van der Waals surface area (Å²) in [7, 11) is 0. The molecule has 2 heterocycles. The van der Waals surface area contributed by atoms with Crippen LogP contribution in [0.1, 0.15) is 26.3 Å². The van der Waals surface area contributed by atoms with Crippen molar-refractivity contribution in [1.29, 1.82) is 0 Å². The zero-order valence-electron chi connectivity index (χ0n) is 14.1. The maximum absolute atomic E-state index is 13.0. The summed E-state index contributed by atoms with van der Waals surface area (Å²) in [4.78, 5) is 38.1. The van der Waals surface area contributed by atoms with Crippen molar-refractivity contribution in [2.75, 3.05) is 6.61 Å². The lowest BCUT2D eigenvalue weighted by molar-refractivity contribution is -0.141. The minimum atomic E-state index is -1.68. The Morgan fingerprint density at radius 2 is 1.96 bits per heavy atom. The average molecular weight is 342 g/mol. The number of hydrogen-bond donors (Lipinski definition) is 2. The van der Waals surface area contributed by atoms with E-state index in [4.69, 9.17) is 15.2 Å². The number of carbonyl (C=O) groups is 3. The fraction of sp³-hybridized carbons (Fsp3) is 0.278. The number of esters is 1. The minimum absolute atomic E-state index is 0.0903. The molecule has 2 aliphatic rings. The molecule has 1 amide bonds. The molecule has 0 radical (unpaired) electrons. The van der Waals surface area contributed by atoms with Crippen LogP contribution in [0.4, 0.5) is 0 Å². The predicted octanol–water partition coefficient (Wildman–Crippen LogP) is 1.04. The van der Waals surface area contributed by atoms with Gasteiger partial charge in [0.15, 0.2) is 5.78 Å². The van der Waals surface area contributed by atoms with Gasteiger partial charge in [-0.1, -0.05) is 18.2 Å². The van der Waals surface area contributed by atoms with Gasteiger partial charge < -0.3 is 20.5 Å². The summed E-state index contributed by atoms with van der Waals surface area (Å²) >= 11 is 0. The quantitative estimate of drug-likeness (QED) is 0.795. The number of Topliss-reactive ketones (excluding diaryl/α,β-unsaturated/α-hetero) is 1. The first kappa shape index (κ1) is 16.8. The van der Waals surface area contributed by atoms with Crippen molar-refractivity contribution >= 4 is 17.7 Å². The Labute approximate surface area is 144 Å². The summed E-state index contributed by atoms with van der Waals surface area (Å²) in [5.41, 5.74) is 5.07. The van der Waals surface area contributed by atoms with Crippen LogP contribution < -0.4 is 15.8 Å². The molecule has 7 heteroatoms. The first-order valence-electron chi connectivity index (χ1n) is 7.84. The maximum atomic E-state index is 13.0. The van der Waals surface area contributed by atoms with Crippen molar-refractivity contribution in [3.63, 3.8) is 0 Å². The molecule has 7 nitrogen and oxygen atoms in total. The van der Waals surface area contributed by atoms with E-state index in [0.29, 0.717) is 17.0 Å². The Morgan fingerprint density at radius 1 is 1.28 bits per heavy atom. The smallest absolute Gasteiger partial charge is 0.341 e. The molecule has 0 aliphatic carbocycles. The van der Waals surface area contributed by atoms with Gasteiger partial charge >= 0.3 is 5.97 Å². The van der Waals surface area contributed by atoms with Crippen molar-refractivity contribution in [1.82, 2.24) is 5.32 Å². The van der Waals surface area contributed by atoms with E-state index < -0.39 is 17.3 Å². The number of benzene rings is 1. The molecule has 25 heavy (non-hydrogen) atoms. The Kier molecular flexibility index (Phi) is 3.87. The topological polar surface area (TPSA) is 108 Å². The van der Waals surface area contributed by atoms with Crippen molar-refractivity contribution in [2.24, 2.45) is 5.73 Å². The highest BCUT2D eigenvalue weighted by atomic mass is 16.5. The third-order valence-corrected chi connectivity index (χ3v) is 4.36. The molecule has 1 atom stereocenters. The van der Waals surface area contributed by atoms with Gasteiger partial charge in [-0.05, 0) is 26.8 Å². The molecular weight excluding hydrogens is 324 g/mol. The predicted molar refractivity (Wildman–Crippen MR) is 88.1 cm³/mol. The third kappa shape index (κ3) is 2.15. The van der Waals surface area contributed by atoms with Crippen LogP contribution >= 0.6 is 0 Å². The zero-order chi connectivity index (χ0) is 18.4. The van der Waals surface area contributed by atoms with E-state index in [2.05, 4.69) is 5.32 Å². The van der Waals surface area contributed by atoms with E-state index in [-0.39, 0.29) is 29.4 Å². The summed E-state index contributed by atoms with van der Waals surface area (Å²) < 4.78 is 10.6. The number of nitrogens with one attached hydrogen (secondary N) is 1. The molecule has 0 fully saturated rings. The fourth-order valence-corrected chi connectivity index (χ4v) is 3.56. The summed E-state index contributed by atoms with van der Waals surface area (Å²) in [6, 6.07) is 6.69. The van der Waals surface area contributed by atoms with Crippen LogP contribution in [0, 0.1) is 0 Å². The molecule has 0 saturated heterocycles. The van der Waals surface area contributed by atoms with E-state index >= 15 is 0 Å². The number of fused-ring (bicyclic) bond motifs is 2. The van der Waals surface area contributed by atoms with Crippen LogP contribution in [-0.4, -0.2) is 24.3 Å². The van der Waals surface area contributed by atoms with Gasteiger partial charge in [-0.25, -0.2) is 4.79 Å². The van der Waals surface area contributed by atoms with E-state index in [9.17, 15) is 14.4 Å². The summed E-state index contributed by atoms with van der Waals surface area (Å²) in [5.74, 6) is -1.60. The molecule has 1 aromatic carbocycles. The second kappa shape index (κ2) is 5.77. The largest absolute Gasteiger partial charge is 0.462 e. The number of para-hydroxylation sites is 1. The van der Waals surface area contributed by atoms with Crippen molar-refractivity contribution < 1.29 is 23.9 Å². The SMILES string of the molecule is CCOC(=O)C1=C(N)Oc2ccccc2[C@]12C(=O)NC(C)=C2C(C)=O. The molecule has 0 bridgehead atoms. The Morgan fingerprint density at radius 3 is 2.60 bits per heavy atom. The molecule has 2 aliphatic heterocycles. The van der Waals surface area contributed by atoms with E-state index in [0.717, 1.165) is 0 Å². The van der Waals surface area contributed by atoms with Gasteiger partial charge in [0.2, 0.25) is 11.8 Å². The minimum Gasteiger partial charge on any atom is -0.462 e. The maximum Gasteiger partial charge on any atom is 0.341 e. The Balaban J connectivity index is 2.42. The fourth-order valence-electron chi connectivity index (χ4n) is 3.56. The first-order chi connectivity index (χ1) is 11.9. The molecule has 1 spiro atoms. The van der Waals surface area contributed by atoms with Gasteiger partial charge in [-0.3, -0.25) is 9.59 Å². The number of ketones is 1. The first-order valence-corrected chi connectivity index (χ1v) is 7.84. The second-order valence-electron chi connectivity index (χ2n) is 5.82. The van der Waals surface area contributed by atoms with Gasteiger partial charge in [-0.2, -0.15) is 0 Å². The number of hydrogen-bond acceptors (Lipinski definition) is 6. The highest BCUT2D eigenvalue weighted by molar-refractivity contribution is 6.18. The lowest BCUT2D eigenvalue weighted by Crippen LogP contribution is -2.48. The second-order valence-corrected chi connectivity index (χ2v) is 5.82. The zero-order valence-corrected chi connectivity index (χ0v) is 14.1. The van der Waals surface area contributed by atoms with Gasteiger partial charge in [0.25, 0.3) is 0 Å². The molecule has 0 saturated carbocycles. The number of nitrogens with two attached hydrogens (primary N) is 1. The monoisotopic (exact) mass is 342 g/mol. The third-order valence-electron chi connectivity index (χ3n) is 4.36. The van der Waals surface area contributed by atoms with Crippen LogP contribution in [0.5, 0.6) is 5.75 Å². The number of rotatable bonds is 3. The van der Waals surface area contributed by atoms with E-state index in [1.807, 2.05) is 0 Å². The molecular formula is C18H18N2O5. The van der Waals surface area contributed by atoms with Crippen LogP contribution in [0.3, 0.4) is 0 Å². The highest BCUT2D eigenvalue weighted by Crippen LogP contribution is 2.51. The number of amides is 1. The van der Waals surface area contributed by atoms with Gasteiger partial charge in [0, 0.05) is 16.8 Å². The number of carbonyl (C=O) groups excluding carboxylic acids is 3. The molecule has 3 N–H and O–H groups in total. The summed E-state index contributed by atoms with van der Waals surface area (Å²) in [6.07, 6.45) is 0. The Hall–Kier alpha value is -3.09. The average Bonchev–Trinajstić information content (AvgIpc) is 2.79. The van der Waals surface area contributed by atoms with Gasteiger partial charge in [0.05, 0.1) is 6.61 Å². The lowest BCUT2D eigenvalue weighted by atomic mass is 9.66. The lowest BCUT2D eigenvalue weighted by Gasteiger charge is -2.36. The highest BCUT2D eigenvalue weighted by Gasteiger charge is 2.60. The van der Waals surface area contributed by atoms with E-state index in [1.54, 1.807) is 38.1 Å². The standard InChI is InChI=1S/C18H18N2O5/c1-4-24-16(22)14-15(19)25-12-8-6-5-7-11(12)18(14)13(10(3)21)9(2)20-17(18)23/h5-8H,4,19H2,1-3H3,(H,20,23)/t18-/m1/s1. The van der Waals surface area contributed by atoms with Gasteiger partial charge in [0.1, 0.15) is 16.7 Å². The molecule has 130 valence electrons.